The number of fused-ring (bicyclic) bond motifs is 1. The Hall–Kier alpha value is -1.72. The van der Waals surface area contributed by atoms with Crippen LogP contribution in [0.5, 0.6) is 0 Å². The summed E-state index contributed by atoms with van der Waals surface area (Å²) < 4.78 is 62.6. The quantitative estimate of drug-likeness (QED) is 0.900. The predicted molar refractivity (Wildman–Crippen MR) is 79.8 cm³/mol. The number of nitrogens with zero attached hydrogens (tertiary/aromatic N) is 2. The van der Waals surface area contributed by atoms with Gasteiger partial charge in [-0.1, -0.05) is 18.3 Å². The van der Waals surface area contributed by atoms with Gasteiger partial charge in [0.1, 0.15) is 0 Å². The van der Waals surface area contributed by atoms with Crippen molar-refractivity contribution in [1.82, 2.24) is 9.29 Å². The number of carbonyl (C=O) groups excluding carboxylic acids is 1. The fourth-order valence-electron chi connectivity index (χ4n) is 1.64. The molecule has 2 aromatic rings. The van der Waals surface area contributed by atoms with Gasteiger partial charge in [-0.25, -0.2) is 17.7 Å². The molecule has 1 N–H and O–H groups in total. The van der Waals surface area contributed by atoms with Gasteiger partial charge in [0, 0.05) is 13.6 Å². The molecule has 1 aromatic carbocycles. The molecule has 0 aliphatic carbocycles. The molecule has 0 unspecified atom stereocenters. The van der Waals surface area contributed by atoms with Crippen LogP contribution in [0, 0.1) is 0 Å². The Balaban J connectivity index is 2.37. The van der Waals surface area contributed by atoms with Crippen LogP contribution in [0.2, 0.25) is 0 Å². The van der Waals surface area contributed by atoms with Crippen LogP contribution in [0.4, 0.5) is 18.3 Å². The fraction of sp³-hybridized carbons (Fsp3) is 0.333. The standard InChI is InChI=1S/C12H12F3N3O3S2/c1-3-18(2)23(20,21)7-4-5-8-9(6-7)22-11(16-8)17-10(19)12(13,14)15/h4-6H,3H2,1-2H3,(H,16,17,19). The van der Waals surface area contributed by atoms with E-state index in [1.54, 1.807) is 12.2 Å². The van der Waals surface area contributed by atoms with E-state index in [1.165, 1.54) is 25.2 Å². The fourth-order valence-corrected chi connectivity index (χ4v) is 3.82. The number of halogens is 3. The summed E-state index contributed by atoms with van der Waals surface area (Å²) in [5.74, 6) is -2.13. The smallest absolute Gasteiger partial charge is 0.294 e. The first-order valence-corrected chi connectivity index (χ1v) is 8.56. The minimum Gasteiger partial charge on any atom is -0.294 e. The van der Waals surface area contributed by atoms with E-state index < -0.39 is 22.1 Å². The first-order chi connectivity index (χ1) is 10.6. The number of aromatic nitrogens is 1. The minimum absolute atomic E-state index is 0.00620. The first-order valence-electron chi connectivity index (χ1n) is 6.31. The monoisotopic (exact) mass is 367 g/mol. The maximum atomic E-state index is 12.2. The van der Waals surface area contributed by atoms with E-state index in [-0.39, 0.29) is 16.6 Å². The molecule has 0 radical (unpaired) electrons. The van der Waals surface area contributed by atoms with Crippen LogP contribution in [0.15, 0.2) is 23.1 Å². The van der Waals surface area contributed by atoms with Crippen molar-refractivity contribution >= 4 is 42.6 Å². The molecule has 0 aliphatic heterocycles. The highest BCUT2D eigenvalue weighted by Gasteiger charge is 2.39. The molecule has 23 heavy (non-hydrogen) atoms. The Labute approximate surface area is 134 Å². The van der Waals surface area contributed by atoms with Gasteiger partial charge in [0.15, 0.2) is 5.13 Å². The van der Waals surface area contributed by atoms with Gasteiger partial charge in [0.25, 0.3) is 0 Å². The normalized spacial score (nSPS) is 12.8. The molecule has 2 rings (SSSR count). The minimum atomic E-state index is -5.02. The van der Waals surface area contributed by atoms with Crippen LogP contribution < -0.4 is 5.32 Å². The summed E-state index contributed by atoms with van der Waals surface area (Å²) in [5, 5.41) is 1.40. The molecule has 11 heteroatoms. The molecule has 1 heterocycles. The van der Waals surface area contributed by atoms with E-state index in [2.05, 4.69) is 4.98 Å². The summed E-state index contributed by atoms with van der Waals surface area (Å²) in [4.78, 5) is 14.7. The zero-order valence-electron chi connectivity index (χ0n) is 12.0. The average molecular weight is 367 g/mol. The molecule has 6 nitrogen and oxygen atoms in total. The highest BCUT2D eigenvalue weighted by atomic mass is 32.2. The number of hydrogen-bond donors (Lipinski definition) is 1. The molecular weight excluding hydrogens is 355 g/mol. The van der Waals surface area contributed by atoms with Crippen molar-refractivity contribution in [3.63, 3.8) is 0 Å². The van der Waals surface area contributed by atoms with Gasteiger partial charge in [-0.2, -0.15) is 13.2 Å². The number of anilines is 1. The third kappa shape index (κ3) is 3.62. The van der Waals surface area contributed by atoms with Gasteiger partial charge >= 0.3 is 12.1 Å². The molecule has 0 saturated carbocycles. The number of rotatable bonds is 4. The van der Waals surface area contributed by atoms with Gasteiger partial charge in [-0.15, -0.1) is 0 Å². The van der Waals surface area contributed by atoms with Crippen molar-refractivity contribution in [3.05, 3.63) is 18.2 Å². The summed E-state index contributed by atoms with van der Waals surface area (Å²) in [6.07, 6.45) is -5.02. The van der Waals surface area contributed by atoms with Crippen LogP contribution in [0.1, 0.15) is 6.92 Å². The van der Waals surface area contributed by atoms with Crippen molar-refractivity contribution in [2.45, 2.75) is 18.0 Å². The van der Waals surface area contributed by atoms with Gasteiger partial charge in [-0.05, 0) is 18.2 Å². The van der Waals surface area contributed by atoms with E-state index in [9.17, 15) is 26.4 Å². The number of sulfonamides is 1. The molecule has 0 fully saturated rings. The van der Waals surface area contributed by atoms with E-state index in [0.717, 1.165) is 15.6 Å². The number of alkyl halides is 3. The largest absolute Gasteiger partial charge is 0.471 e. The number of hydrogen-bond acceptors (Lipinski definition) is 5. The Morgan fingerprint density at radius 2 is 2.04 bits per heavy atom. The van der Waals surface area contributed by atoms with Gasteiger partial charge in [0.05, 0.1) is 15.1 Å². The molecule has 1 aromatic heterocycles. The third-order valence-corrected chi connectivity index (χ3v) is 5.85. The Morgan fingerprint density at radius 3 is 2.61 bits per heavy atom. The third-order valence-electron chi connectivity index (χ3n) is 2.99. The van der Waals surface area contributed by atoms with Crippen molar-refractivity contribution in [3.8, 4) is 0 Å². The van der Waals surface area contributed by atoms with Gasteiger partial charge < -0.3 is 0 Å². The van der Waals surface area contributed by atoms with Crippen molar-refractivity contribution in [1.29, 1.82) is 0 Å². The van der Waals surface area contributed by atoms with Crippen molar-refractivity contribution in [2.24, 2.45) is 0 Å². The lowest BCUT2D eigenvalue weighted by atomic mass is 10.3. The zero-order chi connectivity index (χ0) is 17.4. The van der Waals surface area contributed by atoms with Crippen LogP contribution in [0.3, 0.4) is 0 Å². The second-order valence-corrected chi connectivity index (χ2v) is 7.60. The molecule has 126 valence electrons. The lowest BCUT2D eigenvalue weighted by molar-refractivity contribution is -0.167. The highest BCUT2D eigenvalue weighted by Crippen LogP contribution is 2.30. The van der Waals surface area contributed by atoms with E-state index in [0.29, 0.717) is 10.2 Å². The Kier molecular flexibility index (Phi) is 4.64. The molecule has 0 bridgehead atoms. The maximum absolute atomic E-state index is 12.2. The van der Waals surface area contributed by atoms with Crippen LogP contribution >= 0.6 is 11.3 Å². The predicted octanol–water partition coefficient (Wildman–Crippen LogP) is 2.44. The van der Waals surface area contributed by atoms with E-state index in [1.807, 2.05) is 0 Å². The second kappa shape index (κ2) is 6.06. The number of carbonyl (C=O) groups is 1. The average Bonchev–Trinajstić information content (AvgIpc) is 2.86. The van der Waals surface area contributed by atoms with Crippen molar-refractivity contribution < 1.29 is 26.4 Å². The lowest BCUT2D eigenvalue weighted by Gasteiger charge is -2.14. The maximum Gasteiger partial charge on any atom is 0.471 e. The van der Waals surface area contributed by atoms with Crippen molar-refractivity contribution in [2.75, 3.05) is 18.9 Å². The first kappa shape index (κ1) is 17.6. The highest BCUT2D eigenvalue weighted by molar-refractivity contribution is 7.89. The number of thiazole rings is 1. The molecule has 0 saturated heterocycles. The van der Waals surface area contributed by atoms with Gasteiger partial charge in [0.2, 0.25) is 10.0 Å². The molecule has 0 spiro atoms. The number of benzene rings is 1. The molecule has 0 atom stereocenters. The number of nitrogens with one attached hydrogen (secondary N) is 1. The summed E-state index contributed by atoms with van der Waals surface area (Å²) >= 11 is 0.765. The molecular formula is C12H12F3N3O3S2. The second-order valence-electron chi connectivity index (χ2n) is 4.52. The Morgan fingerprint density at radius 1 is 1.39 bits per heavy atom. The summed E-state index contributed by atoms with van der Waals surface area (Å²) in [5.41, 5.74) is 0.297. The lowest BCUT2D eigenvalue weighted by Crippen LogP contribution is -2.29. The Bertz CT molecular complexity index is 846. The van der Waals surface area contributed by atoms with Crippen LogP contribution in [0.25, 0.3) is 10.2 Å². The van der Waals surface area contributed by atoms with E-state index in [4.69, 9.17) is 0 Å². The van der Waals surface area contributed by atoms with Gasteiger partial charge in [-0.3, -0.25) is 10.1 Å². The van der Waals surface area contributed by atoms with Crippen LogP contribution in [-0.4, -0.2) is 43.4 Å². The summed E-state index contributed by atoms with van der Waals surface area (Å²) in [7, 11) is -2.25. The topological polar surface area (TPSA) is 79.4 Å². The van der Waals surface area contributed by atoms with E-state index >= 15 is 0 Å². The molecule has 0 aliphatic rings. The summed E-state index contributed by atoms with van der Waals surface area (Å²) in [6, 6.07) is 4.02. The summed E-state index contributed by atoms with van der Waals surface area (Å²) in [6.45, 7) is 1.95. The zero-order valence-corrected chi connectivity index (χ0v) is 13.6. The SMILES string of the molecule is CCN(C)S(=O)(=O)c1ccc2nc(NC(=O)C(F)(F)F)sc2c1. The number of amides is 1. The van der Waals surface area contributed by atoms with Crippen LogP contribution in [-0.2, 0) is 14.8 Å². The molecule has 1 amide bonds.